The molecule has 2 N–H and O–H groups in total. The molecule has 1 amide bonds. The lowest BCUT2D eigenvalue weighted by atomic mass is 10.1. The number of anilines is 1. The summed E-state index contributed by atoms with van der Waals surface area (Å²) in [6.45, 7) is 6.20. The van der Waals surface area contributed by atoms with Crippen molar-refractivity contribution in [2.45, 2.75) is 26.1 Å². The number of hydrogen-bond donors (Lipinski definition) is 2. The number of rotatable bonds is 7. The fourth-order valence-electron chi connectivity index (χ4n) is 4.68. The molecule has 220 valence electrons. The number of carbonyl (C=O) groups is 1. The van der Waals surface area contributed by atoms with Gasteiger partial charge >= 0.3 is 6.18 Å². The van der Waals surface area contributed by atoms with Gasteiger partial charge in [-0.15, -0.1) is 24.8 Å². The van der Waals surface area contributed by atoms with Crippen LogP contribution in [-0.2, 0) is 6.18 Å². The van der Waals surface area contributed by atoms with Crippen LogP contribution < -0.4 is 10.2 Å². The summed E-state index contributed by atoms with van der Waals surface area (Å²) >= 11 is 12.5. The van der Waals surface area contributed by atoms with E-state index < -0.39 is 23.8 Å². The number of imidazole rings is 1. The van der Waals surface area contributed by atoms with Crippen LogP contribution in [0.2, 0.25) is 10.0 Å². The molecule has 14 heteroatoms. The van der Waals surface area contributed by atoms with Gasteiger partial charge in [0.25, 0.3) is 5.91 Å². The second-order valence-corrected chi connectivity index (χ2v) is 9.95. The fourth-order valence-corrected chi connectivity index (χ4v) is 5.10. The summed E-state index contributed by atoms with van der Waals surface area (Å²) in [6.07, 6.45) is -5.40. The van der Waals surface area contributed by atoms with Crippen molar-refractivity contribution < 1.29 is 23.1 Å². The van der Waals surface area contributed by atoms with Gasteiger partial charge in [0.2, 0.25) is 0 Å². The molecular formula is C26H30Cl4F3N5O2. The zero-order valence-corrected chi connectivity index (χ0v) is 24.9. The topological polar surface area (TPSA) is 73.6 Å². The number of aliphatic hydroxyl groups is 1. The van der Waals surface area contributed by atoms with Crippen LogP contribution in [0.25, 0.3) is 5.69 Å². The zero-order valence-electron chi connectivity index (χ0n) is 21.7. The van der Waals surface area contributed by atoms with Crippen LogP contribution in [0.1, 0.15) is 27.6 Å². The second kappa shape index (κ2) is 14.1. The van der Waals surface area contributed by atoms with Crippen LogP contribution in [0.5, 0.6) is 0 Å². The number of piperazine rings is 1. The van der Waals surface area contributed by atoms with Gasteiger partial charge in [0, 0.05) is 39.3 Å². The smallest absolute Gasteiger partial charge is 0.390 e. The Labute approximate surface area is 253 Å². The summed E-state index contributed by atoms with van der Waals surface area (Å²) in [4.78, 5) is 21.3. The number of aliphatic hydroxyl groups excluding tert-OH is 1. The number of hydrogen-bond acceptors (Lipinski definition) is 5. The Bertz CT molecular complexity index is 1310. The molecular weight excluding hydrogens is 613 g/mol. The molecule has 0 saturated carbocycles. The Hall–Kier alpha value is -2.21. The highest BCUT2D eigenvalue weighted by Crippen LogP contribution is 2.35. The molecule has 3 aromatic rings. The first-order valence-corrected chi connectivity index (χ1v) is 12.8. The number of para-hydroxylation sites is 1. The van der Waals surface area contributed by atoms with Crippen LogP contribution in [0.15, 0.2) is 42.5 Å². The summed E-state index contributed by atoms with van der Waals surface area (Å²) < 4.78 is 42.0. The lowest BCUT2D eigenvalue weighted by molar-refractivity contribution is -0.137. The number of aromatic nitrogens is 2. The maximum Gasteiger partial charge on any atom is 0.418 e. The minimum absolute atomic E-state index is 0. The van der Waals surface area contributed by atoms with Gasteiger partial charge in [-0.3, -0.25) is 14.3 Å². The lowest BCUT2D eigenvalue weighted by Gasteiger charge is -2.37. The van der Waals surface area contributed by atoms with Crippen molar-refractivity contribution in [1.29, 1.82) is 0 Å². The average molecular weight is 643 g/mol. The molecule has 1 aromatic heterocycles. The summed E-state index contributed by atoms with van der Waals surface area (Å²) in [7, 11) is 0. The molecule has 40 heavy (non-hydrogen) atoms. The first kappa shape index (κ1) is 34.0. The third-order valence-corrected chi connectivity index (χ3v) is 7.36. The highest BCUT2D eigenvalue weighted by atomic mass is 35.5. The van der Waals surface area contributed by atoms with Crippen molar-refractivity contribution in [3.8, 4) is 5.69 Å². The first-order valence-electron chi connectivity index (χ1n) is 12.1. The maximum atomic E-state index is 13.5. The van der Waals surface area contributed by atoms with E-state index in [0.717, 1.165) is 11.8 Å². The van der Waals surface area contributed by atoms with Crippen molar-refractivity contribution in [3.63, 3.8) is 0 Å². The van der Waals surface area contributed by atoms with Crippen LogP contribution in [0, 0.1) is 13.8 Å². The van der Waals surface area contributed by atoms with Gasteiger partial charge in [0.1, 0.15) is 11.5 Å². The number of benzene rings is 2. The van der Waals surface area contributed by atoms with Gasteiger partial charge in [-0.1, -0.05) is 41.4 Å². The third kappa shape index (κ3) is 7.54. The van der Waals surface area contributed by atoms with E-state index >= 15 is 0 Å². The Morgan fingerprint density at radius 2 is 1.65 bits per heavy atom. The molecule has 0 bridgehead atoms. The summed E-state index contributed by atoms with van der Waals surface area (Å²) in [5, 5.41) is 14.2. The number of nitrogens with zero attached hydrogens (tertiary/aromatic N) is 4. The fraction of sp³-hybridized carbons (Fsp3) is 0.385. The Balaban J connectivity index is 0.00000280. The predicted molar refractivity (Wildman–Crippen MR) is 156 cm³/mol. The average Bonchev–Trinajstić information content (AvgIpc) is 3.18. The van der Waals surface area contributed by atoms with Crippen molar-refractivity contribution in [2.75, 3.05) is 44.2 Å². The van der Waals surface area contributed by atoms with E-state index in [2.05, 4.69) is 20.1 Å². The van der Waals surface area contributed by atoms with E-state index in [1.165, 1.54) is 22.8 Å². The van der Waals surface area contributed by atoms with E-state index in [-0.39, 0.29) is 54.3 Å². The number of halogens is 7. The molecule has 1 atom stereocenters. The van der Waals surface area contributed by atoms with Crippen molar-refractivity contribution in [1.82, 2.24) is 19.8 Å². The summed E-state index contributed by atoms with van der Waals surface area (Å²) in [5.74, 6) is -0.309. The summed E-state index contributed by atoms with van der Waals surface area (Å²) in [5.41, 5.74) is 0.249. The number of carbonyl (C=O) groups excluding carboxylic acids is 1. The quantitative estimate of drug-likeness (QED) is 0.353. The molecule has 0 spiro atoms. The highest BCUT2D eigenvalue weighted by molar-refractivity contribution is 6.43. The van der Waals surface area contributed by atoms with E-state index in [9.17, 15) is 23.1 Å². The largest absolute Gasteiger partial charge is 0.418 e. The normalized spacial score (nSPS) is 14.8. The third-order valence-electron chi connectivity index (χ3n) is 6.55. The van der Waals surface area contributed by atoms with E-state index in [4.69, 9.17) is 23.2 Å². The Morgan fingerprint density at radius 3 is 2.30 bits per heavy atom. The number of β-amino-alcohol motifs (C(OH)–C–C–N with tert-alkyl or cyclic N) is 1. The van der Waals surface area contributed by atoms with Gasteiger partial charge in [-0.2, -0.15) is 13.2 Å². The molecule has 1 aliphatic rings. The summed E-state index contributed by atoms with van der Waals surface area (Å²) in [6, 6.07) is 10.7. The molecule has 4 rings (SSSR count). The van der Waals surface area contributed by atoms with E-state index in [1.807, 2.05) is 12.1 Å². The predicted octanol–water partition coefficient (Wildman–Crippen LogP) is 5.57. The molecule has 7 nitrogen and oxygen atoms in total. The lowest BCUT2D eigenvalue weighted by Crippen LogP contribution is -2.50. The molecule has 0 aliphatic carbocycles. The molecule has 2 heterocycles. The van der Waals surface area contributed by atoms with Gasteiger partial charge in [-0.25, -0.2) is 4.98 Å². The Morgan fingerprint density at radius 1 is 1.02 bits per heavy atom. The van der Waals surface area contributed by atoms with Crippen LogP contribution >= 0.6 is 48.0 Å². The molecule has 1 unspecified atom stereocenters. The molecule has 1 aliphatic heterocycles. The molecule has 2 aromatic carbocycles. The molecule has 0 radical (unpaired) electrons. The van der Waals surface area contributed by atoms with Crippen molar-refractivity contribution in [3.05, 3.63) is 75.3 Å². The highest BCUT2D eigenvalue weighted by Gasteiger charge is 2.35. The zero-order chi connectivity index (χ0) is 27.6. The standard InChI is InChI=1S/C26H28Cl2F3N5O2.2ClH/c1-16-24(33-17(2)36(16)21-8-4-3-6-19(21)26(29,30)31)25(38)32-14-18(37)15-34-10-12-35(13-11-34)22-9-5-7-20(27)23(22)28;;/h3-9,18,37H,10-15H2,1-2H3,(H,32,38);2*1H. The van der Waals surface area contributed by atoms with Crippen molar-refractivity contribution in [2.24, 2.45) is 0 Å². The van der Waals surface area contributed by atoms with Gasteiger partial charge in [-0.05, 0) is 38.1 Å². The van der Waals surface area contributed by atoms with E-state index in [0.29, 0.717) is 42.8 Å². The van der Waals surface area contributed by atoms with Crippen LogP contribution in [-0.4, -0.2) is 70.8 Å². The minimum Gasteiger partial charge on any atom is -0.390 e. The van der Waals surface area contributed by atoms with Crippen LogP contribution in [0.3, 0.4) is 0 Å². The van der Waals surface area contributed by atoms with Crippen molar-refractivity contribution >= 4 is 59.6 Å². The number of nitrogens with one attached hydrogen (secondary N) is 1. The second-order valence-electron chi connectivity index (χ2n) is 9.17. The van der Waals surface area contributed by atoms with Gasteiger partial charge in [0.15, 0.2) is 0 Å². The monoisotopic (exact) mass is 641 g/mol. The minimum atomic E-state index is -4.56. The number of alkyl halides is 3. The number of amides is 1. The van der Waals surface area contributed by atoms with Gasteiger partial charge < -0.3 is 15.3 Å². The van der Waals surface area contributed by atoms with Gasteiger partial charge in [0.05, 0.1) is 38.8 Å². The first-order chi connectivity index (χ1) is 18.0. The Kier molecular flexibility index (Phi) is 12.0. The maximum absolute atomic E-state index is 13.5. The van der Waals surface area contributed by atoms with Crippen LogP contribution in [0.4, 0.5) is 18.9 Å². The SMILES string of the molecule is Cc1nc(C(=O)NCC(O)CN2CCN(c3cccc(Cl)c3Cl)CC2)c(C)n1-c1ccccc1C(F)(F)F.Cl.Cl. The molecule has 1 fully saturated rings. The van der Waals surface area contributed by atoms with E-state index in [1.54, 1.807) is 19.9 Å². The molecule has 1 saturated heterocycles. The number of aryl methyl sites for hydroxylation is 1.